The van der Waals surface area contributed by atoms with Gasteiger partial charge in [-0.3, -0.25) is 0 Å². The lowest BCUT2D eigenvalue weighted by Gasteiger charge is -2.33. The molecule has 0 amide bonds. The lowest BCUT2D eigenvalue weighted by Crippen LogP contribution is -2.47. The van der Waals surface area contributed by atoms with Crippen LogP contribution in [0.1, 0.15) is 17.5 Å². The predicted molar refractivity (Wildman–Crippen MR) is 97.1 cm³/mol. The van der Waals surface area contributed by atoms with Crippen LogP contribution in [0.2, 0.25) is 0 Å². The van der Waals surface area contributed by atoms with Crippen molar-refractivity contribution in [3.8, 4) is 5.75 Å². The summed E-state index contributed by atoms with van der Waals surface area (Å²) >= 11 is 0. The number of aliphatic hydroxyl groups is 1. The summed E-state index contributed by atoms with van der Waals surface area (Å²) in [6.07, 6.45) is 1.77. The van der Waals surface area contributed by atoms with Gasteiger partial charge in [-0.25, -0.2) is 13.1 Å². The van der Waals surface area contributed by atoms with E-state index in [-0.39, 0.29) is 18.9 Å². The molecule has 2 aromatic rings. The van der Waals surface area contributed by atoms with Crippen molar-refractivity contribution in [3.63, 3.8) is 0 Å². The number of sulfonamides is 1. The first kappa shape index (κ1) is 17.9. The molecule has 0 fully saturated rings. The maximum Gasteiger partial charge on any atom is 0.215 e. The van der Waals surface area contributed by atoms with Crippen molar-refractivity contribution < 1.29 is 18.3 Å². The molecule has 25 heavy (non-hydrogen) atoms. The maximum atomic E-state index is 12.1. The molecular weight excluding hydrogens is 338 g/mol. The molecule has 0 saturated heterocycles. The van der Waals surface area contributed by atoms with Crippen LogP contribution in [0.25, 0.3) is 0 Å². The number of rotatable bonds is 7. The van der Waals surface area contributed by atoms with Crippen LogP contribution in [0.4, 0.5) is 0 Å². The van der Waals surface area contributed by atoms with Crippen molar-refractivity contribution in [1.82, 2.24) is 4.72 Å². The van der Waals surface area contributed by atoms with Gasteiger partial charge in [0.05, 0.1) is 11.4 Å². The normalized spacial score (nSPS) is 20.0. The van der Waals surface area contributed by atoms with E-state index in [4.69, 9.17) is 4.74 Å². The lowest BCUT2D eigenvalue weighted by atomic mass is 9.80. The van der Waals surface area contributed by atoms with Crippen LogP contribution >= 0.6 is 0 Å². The molecule has 0 aliphatic heterocycles. The second kappa shape index (κ2) is 7.56. The van der Waals surface area contributed by atoms with Crippen LogP contribution in [-0.4, -0.2) is 38.0 Å². The van der Waals surface area contributed by atoms with Crippen molar-refractivity contribution in [2.24, 2.45) is 0 Å². The molecule has 134 valence electrons. The van der Waals surface area contributed by atoms with E-state index in [0.717, 1.165) is 12.0 Å². The fourth-order valence-electron chi connectivity index (χ4n) is 3.04. The standard InChI is InChI=1S/C19H23NO4S/c21-19(11-10-16-6-4-5-7-17(16)14-19)15-20-25(22,23)13-12-24-18-8-2-1-3-9-18/h1-9,20-21H,10-15H2/t19-/m1/s1. The van der Waals surface area contributed by atoms with Gasteiger partial charge in [0, 0.05) is 13.0 Å². The average molecular weight is 361 g/mol. The van der Waals surface area contributed by atoms with Crippen LogP contribution in [-0.2, 0) is 22.9 Å². The van der Waals surface area contributed by atoms with Gasteiger partial charge in [0.2, 0.25) is 10.0 Å². The van der Waals surface area contributed by atoms with Crippen molar-refractivity contribution in [3.05, 3.63) is 65.7 Å². The summed E-state index contributed by atoms with van der Waals surface area (Å²) in [4.78, 5) is 0. The fourth-order valence-corrected chi connectivity index (χ4v) is 3.97. The summed E-state index contributed by atoms with van der Waals surface area (Å²) in [5, 5.41) is 10.7. The highest BCUT2D eigenvalue weighted by Crippen LogP contribution is 2.28. The molecule has 0 radical (unpaired) electrons. The van der Waals surface area contributed by atoms with E-state index in [2.05, 4.69) is 10.8 Å². The molecule has 1 aliphatic rings. The molecular formula is C19H23NO4S. The van der Waals surface area contributed by atoms with Crippen LogP contribution in [0.3, 0.4) is 0 Å². The van der Waals surface area contributed by atoms with Gasteiger partial charge in [0.1, 0.15) is 12.4 Å². The van der Waals surface area contributed by atoms with Gasteiger partial charge < -0.3 is 9.84 Å². The third kappa shape index (κ3) is 5.04. The Bertz CT molecular complexity index is 807. The Morgan fingerprint density at radius 3 is 2.48 bits per heavy atom. The van der Waals surface area contributed by atoms with Crippen LogP contribution in [0, 0.1) is 0 Å². The van der Waals surface area contributed by atoms with Crippen molar-refractivity contribution in [2.45, 2.75) is 24.9 Å². The molecule has 0 bridgehead atoms. The first-order valence-electron chi connectivity index (χ1n) is 8.40. The molecule has 0 saturated carbocycles. The third-order valence-electron chi connectivity index (χ3n) is 4.48. The van der Waals surface area contributed by atoms with E-state index >= 15 is 0 Å². The molecule has 0 unspecified atom stereocenters. The smallest absolute Gasteiger partial charge is 0.215 e. The quantitative estimate of drug-likeness (QED) is 0.790. The molecule has 0 spiro atoms. The molecule has 0 aromatic heterocycles. The van der Waals surface area contributed by atoms with Crippen LogP contribution in [0.15, 0.2) is 54.6 Å². The zero-order chi connectivity index (χ0) is 17.8. The topological polar surface area (TPSA) is 75.6 Å². The van der Waals surface area contributed by atoms with Gasteiger partial charge in [0.25, 0.3) is 0 Å². The minimum absolute atomic E-state index is 0.0228. The SMILES string of the molecule is O=S(=O)(CCOc1ccccc1)NC[C@@]1(O)CCc2ccccc2C1. The largest absolute Gasteiger partial charge is 0.492 e. The van der Waals surface area contributed by atoms with Gasteiger partial charge in [-0.05, 0) is 36.1 Å². The van der Waals surface area contributed by atoms with E-state index < -0.39 is 15.6 Å². The zero-order valence-corrected chi connectivity index (χ0v) is 14.8. The van der Waals surface area contributed by atoms with Crippen molar-refractivity contribution in [2.75, 3.05) is 18.9 Å². The molecule has 6 heteroatoms. The Kier molecular flexibility index (Phi) is 5.42. The fraction of sp³-hybridized carbons (Fsp3) is 0.368. The summed E-state index contributed by atoms with van der Waals surface area (Å²) in [7, 11) is -3.50. The molecule has 1 atom stereocenters. The molecule has 2 aromatic carbocycles. The van der Waals surface area contributed by atoms with Gasteiger partial charge in [-0.2, -0.15) is 0 Å². The molecule has 2 N–H and O–H groups in total. The highest BCUT2D eigenvalue weighted by Gasteiger charge is 2.33. The van der Waals surface area contributed by atoms with Crippen LogP contribution in [0.5, 0.6) is 5.75 Å². The number of benzene rings is 2. The first-order valence-corrected chi connectivity index (χ1v) is 10.1. The number of aryl methyl sites for hydroxylation is 1. The number of hydrogen-bond donors (Lipinski definition) is 2. The Balaban J connectivity index is 1.50. The summed E-state index contributed by atoms with van der Waals surface area (Å²) in [6, 6.07) is 17.1. The minimum atomic E-state index is -3.50. The summed E-state index contributed by atoms with van der Waals surface area (Å²) in [5.74, 6) is 0.495. The van der Waals surface area contributed by atoms with Gasteiger partial charge in [-0.15, -0.1) is 0 Å². The predicted octanol–water partition coefficient (Wildman–Crippen LogP) is 1.90. The van der Waals surface area contributed by atoms with E-state index in [1.165, 1.54) is 5.56 Å². The van der Waals surface area contributed by atoms with Crippen LogP contribution < -0.4 is 9.46 Å². The maximum absolute atomic E-state index is 12.1. The Morgan fingerprint density at radius 2 is 1.72 bits per heavy atom. The molecule has 3 rings (SSSR count). The first-order chi connectivity index (χ1) is 12.0. The van der Waals surface area contributed by atoms with Gasteiger partial charge in [0.15, 0.2) is 0 Å². The van der Waals surface area contributed by atoms with Gasteiger partial charge in [-0.1, -0.05) is 42.5 Å². The second-order valence-corrected chi connectivity index (χ2v) is 8.40. The van der Waals surface area contributed by atoms with E-state index in [9.17, 15) is 13.5 Å². The van der Waals surface area contributed by atoms with E-state index in [1.807, 2.05) is 36.4 Å². The monoisotopic (exact) mass is 361 g/mol. The number of hydrogen-bond acceptors (Lipinski definition) is 4. The number of para-hydroxylation sites is 1. The lowest BCUT2D eigenvalue weighted by molar-refractivity contribution is 0.0317. The highest BCUT2D eigenvalue weighted by atomic mass is 32.2. The van der Waals surface area contributed by atoms with Gasteiger partial charge >= 0.3 is 0 Å². The Morgan fingerprint density at radius 1 is 1.04 bits per heavy atom. The zero-order valence-electron chi connectivity index (χ0n) is 14.0. The third-order valence-corrected chi connectivity index (χ3v) is 5.77. The number of nitrogens with one attached hydrogen (secondary N) is 1. The highest BCUT2D eigenvalue weighted by molar-refractivity contribution is 7.89. The van der Waals surface area contributed by atoms with Crippen molar-refractivity contribution >= 4 is 10.0 Å². The number of fused-ring (bicyclic) bond motifs is 1. The summed E-state index contributed by atoms with van der Waals surface area (Å²) < 4.78 is 32.3. The average Bonchev–Trinajstić information content (AvgIpc) is 2.61. The summed E-state index contributed by atoms with van der Waals surface area (Å²) in [5.41, 5.74) is 1.27. The second-order valence-electron chi connectivity index (χ2n) is 6.47. The van der Waals surface area contributed by atoms with E-state index in [1.54, 1.807) is 12.1 Å². The van der Waals surface area contributed by atoms with Crippen molar-refractivity contribution in [1.29, 1.82) is 0 Å². The minimum Gasteiger partial charge on any atom is -0.492 e. The number of ether oxygens (including phenoxy) is 1. The Hall–Kier alpha value is -1.89. The Labute approximate surface area is 148 Å². The van der Waals surface area contributed by atoms with E-state index in [0.29, 0.717) is 18.6 Å². The molecule has 5 nitrogen and oxygen atoms in total. The molecule has 0 heterocycles. The molecule has 1 aliphatic carbocycles. The summed E-state index contributed by atoms with van der Waals surface area (Å²) in [6.45, 7) is 0.0929.